The normalized spacial score (nSPS) is 12.4. The van der Waals surface area contributed by atoms with Gasteiger partial charge in [-0.25, -0.2) is 4.79 Å². The third kappa shape index (κ3) is 6.60. The van der Waals surface area contributed by atoms with E-state index in [-0.39, 0.29) is 0 Å². The third-order valence-corrected chi connectivity index (χ3v) is 6.41. The zero-order valence-electron chi connectivity index (χ0n) is 19.5. The van der Waals surface area contributed by atoms with Gasteiger partial charge in [0.1, 0.15) is 5.00 Å². The summed E-state index contributed by atoms with van der Waals surface area (Å²) in [6.07, 6.45) is 7.42. The third-order valence-electron chi connectivity index (χ3n) is 5.20. The number of carbonyl (C=O) groups excluding carboxylic acids is 3. The van der Waals surface area contributed by atoms with Crippen molar-refractivity contribution < 1.29 is 28.6 Å². The Morgan fingerprint density at radius 2 is 1.97 bits per heavy atom. The molecule has 1 aromatic heterocycles. The molecule has 1 aliphatic rings. The fourth-order valence-corrected chi connectivity index (χ4v) is 4.92. The smallest absolute Gasteiger partial charge is 0.331 e. The molecule has 9 heteroatoms. The zero-order valence-corrected chi connectivity index (χ0v) is 20.3. The Hall–Kier alpha value is -3.33. The first-order chi connectivity index (χ1) is 16.4. The van der Waals surface area contributed by atoms with E-state index in [2.05, 4.69) is 12.2 Å². The number of unbranched alkanes of at least 4 members (excludes halogenated alkanes) is 1. The van der Waals surface area contributed by atoms with Gasteiger partial charge >= 0.3 is 5.97 Å². The Kier molecular flexibility index (Phi) is 9.09. The van der Waals surface area contributed by atoms with Crippen LogP contribution in [0.3, 0.4) is 0 Å². The van der Waals surface area contributed by atoms with Crippen LogP contribution in [-0.4, -0.2) is 37.6 Å². The van der Waals surface area contributed by atoms with Crippen molar-refractivity contribution in [2.24, 2.45) is 5.73 Å². The van der Waals surface area contributed by atoms with Crippen LogP contribution in [0.4, 0.5) is 5.00 Å². The minimum absolute atomic E-state index is 0.365. The molecule has 0 atom stereocenters. The highest BCUT2D eigenvalue weighted by Crippen LogP contribution is 2.38. The largest absolute Gasteiger partial charge is 0.490 e. The average molecular weight is 487 g/mol. The molecule has 0 unspecified atom stereocenters. The monoisotopic (exact) mass is 486 g/mol. The summed E-state index contributed by atoms with van der Waals surface area (Å²) < 4.78 is 16.4. The summed E-state index contributed by atoms with van der Waals surface area (Å²) in [6.45, 7) is 4.60. The maximum Gasteiger partial charge on any atom is 0.331 e. The van der Waals surface area contributed by atoms with Crippen molar-refractivity contribution in [2.75, 3.05) is 25.1 Å². The van der Waals surface area contributed by atoms with Crippen molar-refractivity contribution in [3.63, 3.8) is 0 Å². The molecule has 0 bridgehead atoms. The number of carbonyl (C=O) groups is 3. The molecule has 0 fully saturated rings. The number of benzene rings is 1. The van der Waals surface area contributed by atoms with E-state index in [1.807, 2.05) is 13.0 Å². The molecule has 3 N–H and O–H groups in total. The number of anilines is 1. The number of nitrogens with one attached hydrogen (secondary N) is 1. The van der Waals surface area contributed by atoms with Crippen LogP contribution in [-0.2, 0) is 27.2 Å². The van der Waals surface area contributed by atoms with Gasteiger partial charge in [-0.1, -0.05) is 19.4 Å². The fraction of sp³-hybridized carbons (Fsp3) is 0.400. The predicted molar refractivity (Wildman–Crippen MR) is 131 cm³/mol. The highest BCUT2D eigenvalue weighted by atomic mass is 32.1. The Labute approximate surface area is 203 Å². The lowest BCUT2D eigenvalue weighted by molar-refractivity contribution is -0.142. The van der Waals surface area contributed by atoms with Gasteiger partial charge in [-0.05, 0) is 61.9 Å². The van der Waals surface area contributed by atoms with Crippen molar-refractivity contribution in [1.82, 2.24) is 0 Å². The SMILES string of the molecule is CCCCOc1ccc(/C=C/C(=O)OCC(=O)Nc2sc3c(c2C(N)=O)CCC3)cc1OCC. The molecule has 0 saturated heterocycles. The van der Waals surface area contributed by atoms with Crippen LogP contribution in [0, 0.1) is 0 Å². The summed E-state index contributed by atoms with van der Waals surface area (Å²) in [7, 11) is 0. The number of esters is 1. The van der Waals surface area contributed by atoms with E-state index in [0.29, 0.717) is 35.3 Å². The minimum Gasteiger partial charge on any atom is -0.490 e. The molecule has 0 saturated carbocycles. The predicted octanol–water partition coefficient (Wildman–Crippen LogP) is 4.11. The quantitative estimate of drug-likeness (QED) is 0.265. The van der Waals surface area contributed by atoms with Crippen LogP contribution >= 0.6 is 11.3 Å². The first-order valence-electron chi connectivity index (χ1n) is 11.4. The summed E-state index contributed by atoms with van der Waals surface area (Å²) >= 11 is 1.35. The molecule has 182 valence electrons. The number of fused-ring (bicyclic) bond motifs is 1. The average Bonchev–Trinajstić information content (AvgIpc) is 3.38. The highest BCUT2D eigenvalue weighted by molar-refractivity contribution is 7.17. The molecule has 8 nitrogen and oxygen atoms in total. The molecule has 3 rings (SSSR count). The molecule has 0 radical (unpaired) electrons. The summed E-state index contributed by atoms with van der Waals surface area (Å²) in [4.78, 5) is 37.3. The molecule has 1 aliphatic carbocycles. The van der Waals surface area contributed by atoms with Gasteiger partial charge in [0.2, 0.25) is 0 Å². The van der Waals surface area contributed by atoms with Crippen LogP contribution in [0.15, 0.2) is 24.3 Å². The molecule has 0 aliphatic heterocycles. The molecular formula is C25H30N2O6S. The molecule has 2 aromatic rings. The fourth-order valence-electron chi connectivity index (χ4n) is 3.61. The summed E-state index contributed by atoms with van der Waals surface area (Å²) in [5, 5.41) is 3.06. The number of ether oxygens (including phenoxy) is 3. The Balaban J connectivity index is 1.54. The first-order valence-corrected chi connectivity index (χ1v) is 12.2. The molecule has 2 amide bonds. The second kappa shape index (κ2) is 12.2. The van der Waals surface area contributed by atoms with Gasteiger partial charge in [0.05, 0.1) is 18.8 Å². The maximum absolute atomic E-state index is 12.3. The standard InChI is InChI=1S/C25H30N2O6S/c1-3-5-13-32-18-11-9-16(14-19(18)31-4-2)10-12-22(29)33-15-21(28)27-25-23(24(26)30)17-7-6-8-20(17)34-25/h9-12,14H,3-8,13,15H2,1-2H3,(H2,26,30)(H,27,28)/b12-10+. The number of rotatable bonds is 12. The van der Waals surface area contributed by atoms with Gasteiger partial charge < -0.3 is 25.3 Å². The van der Waals surface area contributed by atoms with Gasteiger partial charge in [-0.2, -0.15) is 0 Å². The Morgan fingerprint density at radius 1 is 1.15 bits per heavy atom. The molecule has 1 aromatic carbocycles. The number of hydrogen-bond donors (Lipinski definition) is 2. The summed E-state index contributed by atoms with van der Waals surface area (Å²) in [6, 6.07) is 5.39. The molecule has 0 spiro atoms. The van der Waals surface area contributed by atoms with E-state index in [9.17, 15) is 14.4 Å². The second-order valence-electron chi connectivity index (χ2n) is 7.76. The summed E-state index contributed by atoms with van der Waals surface area (Å²) in [5.74, 6) is -0.512. The molecule has 1 heterocycles. The minimum atomic E-state index is -0.666. The lowest BCUT2D eigenvalue weighted by atomic mass is 10.1. The van der Waals surface area contributed by atoms with Crippen molar-refractivity contribution >= 4 is 40.2 Å². The van der Waals surface area contributed by atoms with Crippen molar-refractivity contribution in [3.8, 4) is 11.5 Å². The number of primary amides is 1. The number of thiophene rings is 1. The van der Waals surface area contributed by atoms with Crippen LogP contribution in [0.25, 0.3) is 6.08 Å². The van der Waals surface area contributed by atoms with Gasteiger partial charge in [-0.15, -0.1) is 11.3 Å². The van der Waals surface area contributed by atoms with E-state index < -0.39 is 24.4 Å². The first kappa shape index (κ1) is 25.3. The zero-order chi connectivity index (χ0) is 24.5. The van der Waals surface area contributed by atoms with Gasteiger partial charge in [0, 0.05) is 11.0 Å². The van der Waals surface area contributed by atoms with E-state index >= 15 is 0 Å². The number of amides is 2. The van der Waals surface area contributed by atoms with Crippen molar-refractivity contribution in [3.05, 3.63) is 45.8 Å². The van der Waals surface area contributed by atoms with E-state index in [1.165, 1.54) is 17.4 Å². The highest BCUT2D eigenvalue weighted by Gasteiger charge is 2.26. The number of aryl methyl sites for hydroxylation is 1. The maximum atomic E-state index is 12.3. The van der Waals surface area contributed by atoms with Crippen LogP contribution in [0.1, 0.15) is 59.5 Å². The van der Waals surface area contributed by atoms with Gasteiger partial charge in [0.15, 0.2) is 18.1 Å². The molecular weight excluding hydrogens is 456 g/mol. The lowest BCUT2D eigenvalue weighted by Gasteiger charge is -2.12. The van der Waals surface area contributed by atoms with Gasteiger partial charge in [-0.3, -0.25) is 9.59 Å². The molecule has 34 heavy (non-hydrogen) atoms. The number of hydrogen-bond acceptors (Lipinski definition) is 7. The Morgan fingerprint density at radius 3 is 2.71 bits per heavy atom. The van der Waals surface area contributed by atoms with E-state index in [4.69, 9.17) is 19.9 Å². The van der Waals surface area contributed by atoms with E-state index in [1.54, 1.807) is 18.2 Å². The van der Waals surface area contributed by atoms with Crippen LogP contribution in [0.5, 0.6) is 11.5 Å². The van der Waals surface area contributed by atoms with Crippen LogP contribution < -0.4 is 20.5 Å². The lowest BCUT2D eigenvalue weighted by Crippen LogP contribution is -2.22. The second-order valence-corrected chi connectivity index (χ2v) is 8.86. The number of nitrogens with two attached hydrogens (primary N) is 1. The Bertz CT molecular complexity index is 1080. The van der Waals surface area contributed by atoms with Crippen LogP contribution in [0.2, 0.25) is 0 Å². The van der Waals surface area contributed by atoms with Crippen molar-refractivity contribution in [1.29, 1.82) is 0 Å². The topological polar surface area (TPSA) is 117 Å². The summed E-state index contributed by atoms with van der Waals surface area (Å²) in [5.41, 5.74) is 7.51. The van der Waals surface area contributed by atoms with Gasteiger partial charge in [0.25, 0.3) is 11.8 Å². The van der Waals surface area contributed by atoms with Crippen molar-refractivity contribution in [2.45, 2.75) is 46.0 Å². The van der Waals surface area contributed by atoms with E-state index in [0.717, 1.165) is 48.1 Å².